The summed E-state index contributed by atoms with van der Waals surface area (Å²) in [5.41, 5.74) is 2.49. The van der Waals surface area contributed by atoms with Gasteiger partial charge in [0.1, 0.15) is 0 Å². The van der Waals surface area contributed by atoms with Crippen LogP contribution in [0.2, 0.25) is 0 Å². The minimum atomic E-state index is -3.34. The van der Waals surface area contributed by atoms with Gasteiger partial charge in [0, 0.05) is 37.5 Å². The molecule has 1 aliphatic carbocycles. The lowest BCUT2D eigenvalue weighted by Gasteiger charge is -2.38. The van der Waals surface area contributed by atoms with Crippen molar-refractivity contribution in [2.45, 2.75) is 50.2 Å². The molecule has 2 aromatic rings. The van der Waals surface area contributed by atoms with E-state index in [-0.39, 0.29) is 24.2 Å². The number of hydrogen-bond donors (Lipinski definition) is 1. The number of aryl methyl sites for hydroxylation is 1. The molecule has 0 spiro atoms. The van der Waals surface area contributed by atoms with E-state index in [1.807, 2.05) is 17.9 Å². The average molecular weight is 479 g/mol. The smallest absolute Gasteiger partial charge is 0.409 e. The van der Waals surface area contributed by atoms with Gasteiger partial charge in [-0.25, -0.2) is 17.9 Å². The van der Waals surface area contributed by atoms with E-state index >= 15 is 0 Å². The second-order valence-electron chi connectivity index (χ2n) is 9.35. The second-order valence-corrected chi connectivity index (χ2v) is 11.1. The van der Waals surface area contributed by atoms with Crippen molar-refractivity contribution in [2.24, 2.45) is 13.0 Å². The number of amides is 1. The Bertz CT molecular complexity index is 1080. The van der Waals surface area contributed by atoms with E-state index in [0.29, 0.717) is 32.0 Å². The number of nitrogens with zero attached hydrogens (tertiary/aromatic N) is 3. The topological polar surface area (TPSA) is 103 Å². The van der Waals surface area contributed by atoms with E-state index in [1.54, 1.807) is 4.90 Å². The zero-order valence-electron chi connectivity index (χ0n) is 19.6. The minimum Gasteiger partial charge on any atom is -0.453 e. The van der Waals surface area contributed by atoms with Crippen molar-refractivity contribution in [3.05, 3.63) is 30.0 Å². The first-order valence-corrected chi connectivity index (χ1v) is 13.5. The lowest BCUT2D eigenvalue weighted by atomic mass is 9.82. The van der Waals surface area contributed by atoms with Gasteiger partial charge in [-0.2, -0.15) is 5.10 Å². The van der Waals surface area contributed by atoms with Crippen LogP contribution in [0.15, 0.2) is 24.4 Å². The van der Waals surface area contributed by atoms with Crippen molar-refractivity contribution >= 4 is 27.0 Å². The van der Waals surface area contributed by atoms with Gasteiger partial charge in [-0.3, -0.25) is 4.68 Å². The summed E-state index contributed by atoms with van der Waals surface area (Å²) in [4.78, 5) is 13.6. The molecule has 2 fully saturated rings. The first-order chi connectivity index (χ1) is 15.7. The van der Waals surface area contributed by atoms with Gasteiger partial charge < -0.3 is 14.4 Å². The van der Waals surface area contributed by atoms with Crippen molar-refractivity contribution in [3.8, 4) is 0 Å². The zero-order valence-corrected chi connectivity index (χ0v) is 20.4. The molecule has 0 bridgehead atoms. The number of fused-ring (bicyclic) bond motifs is 1. The number of piperidine rings is 1. The van der Waals surface area contributed by atoms with Gasteiger partial charge in [-0.15, -0.1) is 0 Å². The molecule has 2 heterocycles. The van der Waals surface area contributed by atoms with Gasteiger partial charge in [0.2, 0.25) is 10.0 Å². The molecule has 0 radical (unpaired) electrons. The molecule has 1 aromatic carbocycles. The molecule has 1 saturated heterocycles. The Kier molecular flexibility index (Phi) is 7.25. The lowest BCUT2D eigenvalue weighted by Crippen LogP contribution is -2.53. The Morgan fingerprint density at radius 1 is 1.21 bits per heavy atom. The molecule has 1 N–H and O–H groups in total. The van der Waals surface area contributed by atoms with Crippen molar-refractivity contribution < 1.29 is 22.7 Å². The van der Waals surface area contributed by atoms with E-state index in [2.05, 4.69) is 28.0 Å². The SMILES string of the molecule is COC(=O)N1CC[C@H](NS(C)(=O)=O)[C@H](COC2CCC(c3ccc4c(cnn4C)c3)CC2)C1. The van der Waals surface area contributed by atoms with Crippen LogP contribution in [-0.4, -0.2) is 74.4 Å². The van der Waals surface area contributed by atoms with Crippen molar-refractivity contribution in [1.29, 1.82) is 0 Å². The molecule has 10 heteroatoms. The maximum Gasteiger partial charge on any atom is 0.409 e. The van der Waals surface area contributed by atoms with Gasteiger partial charge in [0.25, 0.3) is 0 Å². The molecule has 2 aliphatic rings. The average Bonchev–Trinajstić information content (AvgIpc) is 3.17. The molecule has 4 rings (SSSR count). The summed E-state index contributed by atoms with van der Waals surface area (Å²) in [6.07, 6.45) is 7.43. The monoisotopic (exact) mass is 478 g/mol. The molecule has 1 aromatic heterocycles. The quantitative estimate of drug-likeness (QED) is 0.685. The molecule has 1 saturated carbocycles. The highest BCUT2D eigenvalue weighted by atomic mass is 32.2. The fraction of sp³-hybridized carbons (Fsp3) is 0.652. The highest BCUT2D eigenvalue weighted by Gasteiger charge is 2.34. The highest BCUT2D eigenvalue weighted by molar-refractivity contribution is 7.88. The number of carbonyl (C=O) groups is 1. The number of aromatic nitrogens is 2. The Balaban J connectivity index is 1.32. The molecular formula is C23H34N4O5S. The summed E-state index contributed by atoms with van der Waals surface area (Å²) in [6, 6.07) is 6.36. The number of sulfonamides is 1. The van der Waals surface area contributed by atoms with Crippen molar-refractivity contribution in [3.63, 3.8) is 0 Å². The van der Waals surface area contributed by atoms with Crippen LogP contribution >= 0.6 is 0 Å². The summed E-state index contributed by atoms with van der Waals surface area (Å²) in [5, 5.41) is 5.51. The number of benzene rings is 1. The second kappa shape index (κ2) is 9.99. The van der Waals surface area contributed by atoms with Gasteiger partial charge in [0.05, 0.1) is 37.8 Å². The maximum absolute atomic E-state index is 12.0. The van der Waals surface area contributed by atoms with Crippen LogP contribution in [0.5, 0.6) is 0 Å². The van der Waals surface area contributed by atoms with Crippen LogP contribution in [0.3, 0.4) is 0 Å². The number of nitrogens with one attached hydrogen (secondary N) is 1. The summed E-state index contributed by atoms with van der Waals surface area (Å²) >= 11 is 0. The van der Waals surface area contributed by atoms with Crippen LogP contribution in [0.25, 0.3) is 10.9 Å². The fourth-order valence-electron chi connectivity index (χ4n) is 5.18. The molecule has 33 heavy (non-hydrogen) atoms. The van der Waals surface area contributed by atoms with E-state index in [9.17, 15) is 13.2 Å². The van der Waals surface area contributed by atoms with Gasteiger partial charge in [-0.1, -0.05) is 6.07 Å². The van der Waals surface area contributed by atoms with Crippen molar-refractivity contribution in [1.82, 2.24) is 19.4 Å². The predicted molar refractivity (Wildman–Crippen MR) is 126 cm³/mol. The van der Waals surface area contributed by atoms with Gasteiger partial charge in [0.15, 0.2) is 0 Å². The number of rotatable bonds is 6. The Hall–Kier alpha value is -2.17. The van der Waals surface area contributed by atoms with Gasteiger partial charge in [-0.05, 0) is 55.7 Å². The number of ether oxygens (including phenoxy) is 2. The highest BCUT2D eigenvalue weighted by Crippen LogP contribution is 2.35. The molecule has 2 atom stereocenters. The van der Waals surface area contributed by atoms with Crippen LogP contribution in [0, 0.1) is 5.92 Å². The minimum absolute atomic E-state index is 0.113. The summed E-state index contributed by atoms with van der Waals surface area (Å²) in [5.74, 6) is 0.400. The maximum atomic E-state index is 12.0. The van der Waals surface area contributed by atoms with Crippen LogP contribution in [0.4, 0.5) is 4.79 Å². The number of methoxy groups -OCH3 is 1. The van der Waals surface area contributed by atoms with Crippen LogP contribution in [0.1, 0.15) is 43.6 Å². The Morgan fingerprint density at radius 3 is 2.67 bits per heavy atom. The van der Waals surface area contributed by atoms with E-state index in [1.165, 1.54) is 24.3 Å². The van der Waals surface area contributed by atoms with E-state index < -0.39 is 10.0 Å². The molecule has 182 valence electrons. The Morgan fingerprint density at radius 2 is 1.97 bits per heavy atom. The van der Waals surface area contributed by atoms with Crippen LogP contribution < -0.4 is 4.72 Å². The number of likely N-dealkylation sites (tertiary alicyclic amines) is 1. The zero-order chi connectivity index (χ0) is 23.6. The molecular weight excluding hydrogens is 444 g/mol. The predicted octanol–water partition coefficient (Wildman–Crippen LogP) is 2.62. The van der Waals surface area contributed by atoms with Crippen molar-refractivity contribution in [2.75, 3.05) is 33.1 Å². The fourth-order valence-corrected chi connectivity index (χ4v) is 6.04. The third-order valence-electron chi connectivity index (χ3n) is 6.99. The standard InChI is InChI=1S/C23H34N4O5S/c1-26-22-9-6-17(12-18(22)13-24-26)16-4-7-20(8-5-16)32-15-19-14-27(23(28)31-2)11-10-21(19)25-33(3,29)30/h6,9,12-13,16,19-21,25H,4-5,7-8,10-11,14-15H2,1-3H3/t16?,19-,20?,21-/m0/s1. The Labute approximate surface area is 195 Å². The molecule has 9 nitrogen and oxygen atoms in total. The first kappa shape index (κ1) is 24.0. The summed E-state index contributed by atoms with van der Waals surface area (Å²) in [7, 11) is -0.0255. The molecule has 0 unspecified atom stereocenters. The summed E-state index contributed by atoms with van der Waals surface area (Å²) in [6.45, 7) is 1.29. The third kappa shape index (κ3) is 5.85. The first-order valence-electron chi connectivity index (χ1n) is 11.6. The number of carbonyl (C=O) groups excluding carboxylic acids is 1. The molecule has 1 amide bonds. The largest absolute Gasteiger partial charge is 0.453 e. The van der Waals surface area contributed by atoms with Crippen LogP contribution in [-0.2, 0) is 26.5 Å². The molecule has 1 aliphatic heterocycles. The summed E-state index contributed by atoms with van der Waals surface area (Å²) < 4.78 is 39.4. The third-order valence-corrected chi connectivity index (χ3v) is 7.72. The van der Waals surface area contributed by atoms with Gasteiger partial charge >= 0.3 is 6.09 Å². The van der Waals surface area contributed by atoms with E-state index in [0.717, 1.165) is 31.2 Å². The lowest BCUT2D eigenvalue weighted by molar-refractivity contribution is -0.0158. The normalized spacial score (nSPS) is 26.5. The van der Waals surface area contributed by atoms with E-state index in [4.69, 9.17) is 9.47 Å². The number of hydrogen-bond acceptors (Lipinski definition) is 6.